The molecule has 1 N–H and O–H groups in total. The molecule has 0 atom stereocenters. The summed E-state index contributed by atoms with van der Waals surface area (Å²) in [6.45, 7) is 2.51. The van der Waals surface area contributed by atoms with Crippen LogP contribution in [-0.4, -0.2) is 39.5 Å². The van der Waals surface area contributed by atoms with E-state index in [0.29, 0.717) is 12.3 Å². The number of carbonyl (C=O) groups is 1. The highest BCUT2D eigenvalue weighted by atomic mass is 32.2. The number of nitrogens with one attached hydrogen (secondary N) is 1. The molecular weight excluding hydrogens is 304 g/mol. The molecule has 0 radical (unpaired) electrons. The quantitative estimate of drug-likeness (QED) is 0.744. The summed E-state index contributed by atoms with van der Waals surface area (Å²) in [5, 5.41) is 2.57. The van der Waals surface area contributed by atoms with Gasteiger partial charge in [-0.1, -0.05) is 26.2 Å². The molecule has 1 aromatic rings. The largest absolute Gasteiger partial charge is 0.449 e. The van der Waals surface area contributed by atoms with Crippen LogP contribution in [0.25, 0.3) is 0 Å². The van der Waals surface area contributed by atoms with Crippen LogP contribution in [0.3, 0.4) is 0 Å². The van der Waals surface area contributed by atoms with Crippen molar-refractivity contribution in [2.75, 3.05) is 26.0 Å². The summed E-state index contributed by atoms with van der Waals surface area (Å²) in [6.07, 6.45) is 3.63. The first-order valence-corrected chi connectivity index (χ1v) is 8.78. The fraction of sp³-hybridized carbons (Fsp3) is 0.533. The fourth-order valence-corrected chi connectivity index (χ4v) is 2.67. The minimum Gasteiger partial charge on any atom is -0.449 e. The number of hydrogen-bond acceptors (Lipinski definition) is 4. The zero-order valence-corrected chi connectivity index (χ0v) is 14.1. The van der Waals surface area contributed by atoms with Crippen LogP contribution in [0, 0.1) is 0 Å². The Morgan fingerprint density at radius 1 is 1.14 bits per heavy atom. The lowest BCUT2D eigenvalue weighted by Crippen LogP contribution is -2.22. The molecule has 124 valence electrons. The number of nitrogens with zero attached hydrogens (tertiary/aromatic N) is 1. The molecule has 0 saturated carbocycles. The predicted molar refractivity (Wildman–Crippen MR) is 86.4 cm³/mol. The molecule has 1 amide bonds. The Balaban J connectivity index is 2.49. The third kappa shape index (κ3) is 5.65. The molecule has 0 aliphatic rings. The summed E-state index contributed by atoms with van der Waals surface area (Å²) in [5.74, 6) is 0. The molecule has 0 saturated heterocycles. The topological polar surface area (TPSA) is 75.7 Å². The lowest BCUT2D eigenvalue weighted by atomic mass is 10.2. The molecule has 0 aliphatic heterocycles. The Morgan fingerprint density at radius 3 is 2.32 bits per heavy atom. The lowest BCUT2D eigenvalue weighted by Gasteiger charge is -2.12. The first-order valence-electron chi connectivity index (χ1n) is 7.34. The van der Waals surface area contributed by atoms with Crippen molar-refractivity contribution in [2.24, 2.45) is 0 Å². The number of unbranched alkanes of at least 4 members (excludes halogenated alkanes) is 3. The maximum atomic E-state index is 11.9. The average Bonchev–Trinajstić information content (AvgIpc) is 2.47. The van der Waals surface area contributed by atoms with Gasteiger partial charge in [0.2, 0.25) is 10.0 Å². The van der Waals surface area contributed by atoms with Gasteiger partial charge >= 0.3 is 6.09 Å². The molecule has 0 bridgehead atoms. The lowest BCUT2D eigenvalue weighted by molar-refractivity contribution is 0.159. The minimum atomic E-state index is -3.46. The van der Waals surface area contributed by atoms with E-state index in [1.54, 1.807) is 0 Å². The highest BCUT2D eigenvalue weighted by Gasteiger charge is 2.16. The summed E-state index contributed by atoms with van der Waals surface area (Å²) in [6, 6.07) is 5.97. The summed E-state index contributed by atoms with van der Waals surface area (Å²) >= 11 is 0. The van der Waals surface area contributed by atoms with Gasteiger partial charge in [0.05, 0.1) is 11.5 Å². The fourth-order valence-electron chi connectivity index (χ4n) is 1.77. The third-order valence-corrected chi connectivity index (χ3v) is 4.94. The molecule has 22 heavy (non-hydrogen) atoms. The van der Waals surface area contributed by atoms with Crippen LogP contribution in [0.15, 0.2) is 29.2 Å². The van der Waals surface area contributed by atoms with Crippen molar-refractivity contribution in [1.29, 1.82) is 0 Å². The maximum Gasteiger partial charge on any atom is 0.411 e. The van der Waals surface area contributed by atoms with Crippen LogP contribution in [-0.2, 0) is 14.8 Å². The Morgan fingerprint density at radius 2 is 1.77 bits per heavy atom. The van der Waals surface area contributed by atoms with Crippen molar-refractivity contribution in [1.82, 2.24) is 4.31 Å². The Bertz CT molecular complexity index is 568. The van der Waals surface area contributed by atoms with Gasteiger partial charge < -0.3 is 4.74 Å². The molecule has 7 heteroatoms. The van der Waals surface area contributed by atoms with E-state index in [0.717, 1.165) is 30.0 Å². The van der Waals surface area contributed by atoms with E-state index in [2.05, 4.69) is 12.2 Å². The van der Waals surface area contributed by atoms with Crippen molar-refractivity contribution >= 4 is 21.8 Å². The predicted octanol–water partition coefficient (Wildman–Crippen LogP) is 3.07. The standard InChI is InChI=1S/C15H24N2O4S/c1-4-5-6-7-12-21-15(18)16-13-8-10-14(11-9-13)22(19,20)17(2)3/h8-11H,4-7,12H2,1-3H3,(H,16,18). The van der Waals surface area contributed by atoms with Crippen LogP contribution in [0.2, 0.25) is 0 Å². The monoisotopic (exact) mass is 328 g/mol. The molecule has 0 unspecified atom stereocenters. The van der Waals surface area contributed by atoms with Gasteiger partial charge in [-0.25, -0.2) is 17.5 Å². The Kier molecular flexibility index (Phi) is 7.34. The van der Waals surface area contributed by atoms with Crippen LogP contribution in [0.4, 0.5) is 10.5 Å². The van der Waals surface area contributed by atoms with E-state index in [-0.39, 0.29) is 4.90 Å². The molecule has 0 spiro atoms. The number of anilines is 1. The van der Waals surface area contributed by atoms with E-state index >= 15 is 0 Å². The number of carbonyl (C=O) groups excluding carboxylic acids is 1. The molecule has 1 aromatic carbocycles. The molecule has 0 aromatic heterocycles. The maximum absolute atomic E-state index is 11.9. The summed E-state index contributed by atoms with van der Waals surface area (Å²) < 4.78 is 30.0. The number of rotatable bonds is 8. The van der Waals surface area contributed by atoms with E-state index in [1.165, 1.54) is 38.4 Å². The van der Waals surface area contributed by atoms with Gasteiger partial charge in [-0.3, -0.25) is 5.32 Å². The first kappa shape index (κ1) is 18.4. The minimum absolute atomic E-state index is 0.177. The van der Waals surface area contributed by atoms with Crippen LogP contribution < -0.4 is 5.32 Å². The summed E-state index contributed by atoms with van der Waals surface area (Å²) in [4.78, 5) is 11.8. The SMILES string of the molecule is CCCCCCOC(=O)Nc1ccc(S(=O)(=O)N(C)C)cc1. The van der Waals surface area contributed by atoms with Crippen LogP contribution >= 0.6 is 0 Å². The van der Waals surface area contributed by atoms with Gasteiger partial charge in [-0.05, 0) is 30.7 Å². The second-order valence-electron chi connectivity index (χ2n) is 5.13. The summed E-state index contributed by atoms with van der Waals surface area (Å²) in [7, 11) is -0.517. The molecule has 0 heterocycles. The van der Waals surface area contributed by atoms with E-state index in [9.17, 15) is 13.2 Å². The van der Waals surface area contributed by atoms with Gasteiger partial charge in [0, 0.05) is 19.8 Å². The van der Waals surface area contributed by atoms with E-state index in [4.69, 9.17) is 4.74 Å². The number of benzene rings is 1. The van der Waals surface area contributed by atoms with E-state index < -0.39 is 16.1 Å². The van der Waals surface area contributed by atoms with Gasteiger partial charge in [-0.15, -0.1) is 0 Å². The average molecular weight is 328 g/mol. The first-order chi connectivity index (χ1) is 10.4. The van der Waals surface area contributed by atoms with Gasteiger partial charge in [0.25, 0.3) is 0 Å². The Labute approximate surface area is 132 Å². The van der Waals surface area contributed by atoms with Gasteiger partial charge in [0.15, 0.2) is 0 Å². The molecule has 0 aliphatic carbocycles. The highest BCUT2D eigenvalue weighted by Crippen LogP contribution is 2.16. The zero-order valence-electron chi connectivity index (χ0n) is 13.3. The van der Waals surface area contributed by atoms with Gasteiger partial charge in [-0.2, -0.15) is 0 Å². The van der Waals surface area contributed by atoms with Crippen molar-refractivity contribution in [2.45, 2.75) is 37.5 Å². The zero-order chi connectivity index (χ0) is 16.6. The molecule has 0 fully saturated rings. The summed E-state index contributed by atoms with van der Waals surface area (Å²) in [5.41, 5.74) is 0.497. The molecule has 6 nitrogen and oxygen atoms in total. The normalized spacial score (nSPS) is 11.5. The second kappa shape index (κ2) is 8.75. The second-order valence-corrected chi connectivity index (χ2v) is 7.29. The van der Waals surface area contributed by atoms with Crippen molar-refractivity contribution in [3.05, 3.63) is 24.3 Å². The van der Waals surface area contributed by atoms with E-state index in [1.807, 2.05) is 0 Å². The number of hydrogen-bond donors (Lipinski definition) is 1. The van der Waals surface area contributed by atoms with Gasteiger partial charge in [0.1, 0.15) is 0 Å². The number of ether oxygens (including phenoxy) is 1. The molecule has 1 rings (SSSR count). The van der Waals surface area contributed by atoms with Crippen molar-refractivity contribution in [3.63, 3.8) is 0 Å². The van der Waals surface area contributed by atoms with Crippen molar-refractivity contribution in [3.8, 4) is 0 Å². The molecular formula is C15H24N2O4S. The van der Waals surface area contributed by atoms with Crippen molar-refractivity contribution < 1.29 is 17.9 Å². The third-order valence-electron chi connectivity index (χ3n) is 3.11. The number of amides is 1. The highest BCUT2D eigenvalue weighted by molar-refractivity contribution is 7.89. The van der Waals surface area contributed by atoms with Crippen LogP contribution in [0.1, 0.15) is 32.6 Å². The smallest absolute Gasteiger partial charge is 0.411 e. The number of sulfonamides is 1. The van der Waals surface area contributed by atoms with Crippen LogP contribution in [0.5, 0.6) is 0 Å². The Hall–Kier alpha value is -1.60.